The molecular weight excluding hydrogens is 152 g/mol. The minimum absolute atomic E-state index is 0. The fraction of sp³-hybridized carbons (Fsp3) is 0. The molecule has 5 nitrogen and oxygen atoms in total. The monoisotopic (exact) mass is 152 g/mol. The SMILES string of the molecule is O=c1oooc1=O.[Ti]. The van der Waals surface area contributed by atoms with E-state index in [1.165, 1.54) is 0 Å². The van der Waals surface area contributed by atoms with Gasteiger partial charge in [-0.1, -0.05) is 4.74 Å². The molecule has 0 atom stereocenters. The van der Waals surface area contributed by atoms with Gasteiger partial charge in [-0.2, -0.15) is 9.15 Å². The molecule has 0 spiro atoms. The second-order valence-electron chi connectivity index (χ2n) is 0.810. The molecule has 0 N–H and O–H groups in total. The van der Waals surface area contributed by atoms with E-state index in [4.69, 9.17) is 0 Å². The van der Waals surface area contributed by atoms with Crippen molar-refractivity contribution in [1.29, 1.82) is 0 Å². The van der Waals surface area contributed by atoms with Crippen molar-refractivity contribution in [3.05, 3.63) is 20.8 Å². The van der Waals surface area contributed by atoms with Crippen molar-refractivity contribution in [2.45, 2.75) is 0 Å². The van der Waals surface area contributed by atoms with E-state index in [9.17, 15) is 9.59 Å². The Morgan fingerprint density at radius 2 is 1.38 bits per heavy atom. The molecule has 0 aliphatic rings. The van der Waals surface area contributed by atoms with E-state index >= 15 is 0 Å². The van der Waals surface area contributed by atoms with E-state index in [0.29, 0.717) is 0 Å². The zero-order valence-electron chi connectivity index (χ0n) is 3.54. The van der Waals surface area contributed by atoms with Gasteiger partial charge in [-0.3, -0.25) is 0 Å². The molecule has 0 unspecified atom stereocenters. The molecule has 0 aromatic carbocycles. The summed E-state index contributed by atoms with van der Waals surface area (Å²) >= 11 is 0. The summed E-state index contributed by atoms with van der Waals surface area (Å²) in [6, 6.07) is 0. The Bertz CT molecular complexity index is 215. The third-order valence-corrected chi connectivity index (χ3v) is 0.386. The van der Waals surface area contributed by atoms with Crippen LogP contribution in [0.1, 0.15) is 0 Å². The maximum atomic E-state index is 9.75. The third-order valence-electron chi connectivity index (χ3n) is 0.386. The maximum Gasteiger partial charge on any atom is 0.471 e. The van der Waals surface area contributed by atoms with Crippen LogP contribution in [0.25, 0.3) is 0 Å². The Hall–Kier alpha value is -0.546. The molecule has 1 aromatic heterocycles. The first-order chi connectivity index (χ1) is 3.30. The normalized spacial score (nSPS) is 8.00. The third kappa shape index (κ3) is 1.21. The summed E-state index contributed by atoms with van der Waals surface area (Å²) < 4.78 is 10.6. The molecule has 0 bridgehead atoms. The summed E-state index contributed by atoms with van der Waals surface area (Å²) in [5.41, 5.74) is -2.25. The zero-order valence-corrected chi connectivity index (χ0v) is 5.10. The predicted molar refractivity (Wildman–Crippen MR) is 15.8 cm³/mol. The Kier molecular flexibility index (Phi) is 2.50. The van der Waals surface area contributed by atoms with Gasteiger partial charge < -0.3 is 0 Å². The largest absolute Gasteiger partial charge is 0.471 e. The first-order valence-corrected chi connectivity index (χ1v) is 1.40. The molecule has 0 saturated carbocycles. The molecule has 42 valence electrons. The maximum absolute atomic E-state index is 9.75. The summed E-state index contributed by atoms with van der Waals surface area (Å²) in [5, 5.41) is 0. The van der Waals surface area contributed by atoms with Crippen molar-refractivity contribution in [3.63, 3.8) is 0 Å². The van der Waals surface area contributed by atoms with E-state index in [1.807, 2.05) is 0 Å². The van der Waals surface area contributed by atoms with Crippen LogP contribution in [0.2, 0.25) is 0 Å². The fourth-order valence-corrected chi connectivity index (χ4v) is 0.147. The average Bonchev–Trinajstić information content (AvgIpc) is 1.91. The average molecular weight is 152 g/mol. The van der Waals surface area contributed by atoms with Crippen LogP contribution in [0.15, 0.2) is 23.5 Å². The van der Waals surface area contributed by atoms with E-state index in [2.05, 4.69) is 13.9 Å². The minimum atomic E-state index is -1.12. The molecule has 0 radical (unpaired) electrons. The van der Waals surface area contributed by atoms with Gasteiger partial charge in [0.25, 0.3) is 0 Å². The molecule has 0 fully saturated rings. The molecule has 1 rings (SSSR count). The summed E-state index contributed by atoms with van der Waals surface area (Å²) in [6.07, 6.45) is 0. The van der Waals surface area contributed by atoms with Crippen LogP contribution in [0.5, 0.6) is 0 Å². The molecule has 0 aliphatic carbocycles. The Labute approximate surface area is 57.0 Å². The van der Waals surface area contributed by atoms with Crippen molar-refractivity contribution in [1.82, 2.24) is 0 Å². The van der Waals surface area contributed by atoms with Gasteiger partial charge in [0.1, 0.15) is 0 Å². The van der Waals surface area contributed by atoms with Crippen LogP contribution in [0, 0.1) is 0 Å². The quantitative estimate of drug-likeness (QED) is 0.276. The van der Waals surface area contributed by atoms with Crippen molar-refractivity contribution < 1.29 is 35.6 Å². The molecule has 8 heavy (non-hydrogen) atoms. The molecule has 6 heteroatoms. The topological polar surface area (TPSA) is 73.6 Å². The van der Waals surface area contributed by atoms with Gasteiger partial charge in [-0.25, -0.2) is 9.59 Å². The summed E-state index contributed by atoms with van der Waals surface area (Å²) in [4.78, 5) is 19.5. The van der Waals surface area contributed by atoms with Crippen LogP contribution in [-0.2, 0) is 21.7 Å². The zero-order chi connectivity index (χ0) is 5.28. The molecule has 1 aromatic rings. The number of hydrogen-bond acceptors (Lipinski definition) is 5. The standard InChI is InChI=1S/C2O5.Ti/c3-1-2(4)6-7-5-1;. The smallest absolute Gasteiger partial charge is 0.233 e. The van der Waals surface area contributed by atoms with Crippen molar-refractivity contribution in [2.24, 2.45) is 0 Å². The van der Waals surface area contributed by atoms with Crippen LogP contribution in [0.3, 0.4) is 0 Å². The van der Waals surface area contributed by atoms with Crippen LogP contribution < -0.4 is 11.3 Å². The van der Waals surface area contributed by atoms with Gasteiger partial charge in [0.05, 0.1) is 0 Å². The first kappa shape index (κ1) is 7.45. The Balaban J connectivity index is 0.000000490. The van der Waals surface area contributed by atoms with E-state index in [-0.39, 0.29) is 21.7 Å². The molecule has 1 heterocycles. The summed E-state index contributed by atoms with van der Waals surface area (Å²) in [7, 11) is 0. The van der Waals surface area contributed by atoms with Gasteiger partial charge in [-0.15, -0.1) is 0 Å². The van der Waals surface area contributed by atoms with Crippen LogP contribution in [-0.4, -0.2) is 0 Å². The Morgan fingerprint density at radius 1 is 1.00 bits per heavy atom. The van der Waals surface area contributed by atoms with Crippen molar-refractivity contribution >= 4 is 0 Å². The molecule has 0 saturated heterocycles. The van der Waals surface area contributed by atoms with Gasteiger partial charge in [-0.05, 0) is 0 Å². The molecule has 0 amide bonds. The minimum Gasteiger partial charge on any atom is -0.233 e. The number of hydrogen-bond donors (Lipinski definition) is 0. The second kappa shape index (κ2) is 2.69. The van der Waals surface area contributed by atoms with E-state index in [1.54, 1.807) is 0 Å². The first-order valence-electron chi connectivity index (χ1n) is 1.40. The van der Waals surface area contributed by atoms with Crippen molar-refractivity contribution in [2.75, 3.05) is 0 Å². The van der Waals surface area contributed by atoms with E-state index < -0.39 is 11.3 Å². The van der Waals surface area contributed by atoms with E-state index in [0.717, 1.165) is 0 Å². The predicted octanol–water partition coefficient (Wildman–Crippen LogP) is -0.817. The van der Waals surface area contributed by atoms with Crippen LogP contribution >= 0.6 is 0 Å². The van der Waals surface area contributed by atoms with Gasteiger partial charge in [0.2, 0.25) is 0 Å². The molecule has 0 aliphatic heterocycles. The van der Waals surface area contributed by atoms with Crippen molar-refractivity contribution in [3.8, 4) is 0 Å². The van der Waals surface area contributed by atoms with Gasteiger partial charge in [0.15, 0.2) is 0 Å². The number of rotatable bonds is 0. The van der Waals surface area contributed by atoms with Crippen LogP contribution in [0.4, 0.5) is 0 Å². The Morgan fingerprint density at radius 3 is 1.50 bits per heavy atom. The van der Waals surface area contributed by atoms with Gasteiger partial charge >= 0.3 is 11.3 Å². The van der Waals surface area contributed by atoms with Gasteiger partial charge in [0, 0.05) is 21.7 Å². The second-order valence-corrected chi connectivity index (χ2v) is 0.810. The summed E-state index contributed by atoms with van der Waals surface area (Å²) in [5.74, 6) is 0. The fourth-order valence-electron chi connectivity index (χ4n) is 0.147. The molecular formula is C2O5Ti. The summed E-state index contributed by atoms with van der Waals surface area (Å²) in [6.45, 7) is 0.